The van der Waals surface area contributed by atoms with Crippen LogP contribution in [0, 0.1) is 17.0 Å². The average Bonchev–Trinajstić information content (AvgIpc) is 2.81. The molecule has 0 aliphatic heterocycles. The molecule has 0 spiro atoms. The topological polar surface area (TPSA) is 118 Å². The van der Waals surface area contributed by atoms with Gasteiger partial charge in [0.1, 0.15) is 5.76 Å². The van der Waals surface area contributed by atoms with Gasteiger partial charge in [-0.15, -0.1) is 0 Å². The van der Waals surface area contributed by atoms with E-state index in [9.17, 15) is 20.0 Å². The first-order chi connectivity index (χ1) is 9.49. The number of aromatic hydroxyl groups is 1. The van der Waals surface area contributed by atoms with Crippen molar-refractivity contribution < 1.29 is 19.2 Å². The van der Waals surface area contributed by atoms with Crippen molar-refractivity contribution in [3.63, 3.8) is 0 Å². The van der Waals surface area contributed by atoms with Crippen molar-refractivity contribution in [1.29, 1.82) is 0 Å². The van der Waals surface area contributed by atoms with Crippen LogP contribution < -0.4 is 5.32 Å². The number of hydrogen-bond acceptors (Lipinski definition) is 6. The molecule has 0 saturated heterocycles. The number of nitro benzene ring substituents is 1. The van der Waals surface area contributed by atoms with Gasteiger partial charge in [0.2, 0.25) is 11.6 Å². The summed E-state index contributed by atoms with van der Waals surface area (Å²) in [5.41, 5.74) is -0.702. The number of nitrogens with zero attached hydrogens (tertiary/aromatic N) is 2. The molecular weight excluding hydrogens is 266 g/mol. The largest absolute Gasteiger partial charge is 0.502 e. The lowest BCUT2D eigenvalue weighted by Crippen LogP contribution is -2.23. The fraction of sp³-hybridized carbons (Fsp3) is 0.167. The van der Waals surface area contributed by atoms with Gasteiger partial charge in [-0.2, -0.15) is 0 Å². The minimum atomic E-state index is -0.760. The molecule has 0 radical (unpaired) electrons. The SMILES string of the molecule is Cc1cnc(CNC(=O)c2cccc([N+](=O)[O-])c2O)o1. The van der Waals surface area contributed by atoms with Crippen molar-refractivity contribution in [3.05, 3.63) is 51.7 Å². The van der Waals surface area contributed by atoms with Crippen LogP contribution >= 0.6 is 0 Å². The molecule has 20 heavy (non-hydrogen) atoms. The van der Waals surface area contributed by atoms with Gasteiger partial charge in [0.25, 0.3) is 5.91 Å². The normalized spacial score (nSPS) is 10.2. The minimum absolute atomic E-state index is 0.0226. The van der Waals surface area contributed by atoms with Crippen LogP contribution in [0.3, 0.4) is 0 Å². The van der Waals surface area contributed by atoms with Gasteiger partial charge in [-0.3, -0.25) is 14.9 Å². The molecule has 1 aromatic carbocycles. The predicted octanol–water partition coefficient (Wildman–Crippen LogP) is 1.53. The van der Waals surface area contributed by atoms with Crippen molar-refractivity contribution >= 4 is 11.6 Å². The third kappa shape index (κ3) is 2.74. The monoisotopic (exact) mass is 277 g/mol. The van der Waals surface area contributed by atoms with Crippen molar-refractivity contribution in [3.8, 4) is 5.75 Å². The number of amides is 1. The number of rotatable bonds is 4. The van der Waals surface area contributed by atoms with Crippen LogP contribution in [0.25, 0.3) is 0 Å². The standard InChI is InChI=1S/C12H11N3O5/c1-7-5-13-10(20-7)6-14-12(17)8-3-2-4-9(11(8)16)15(18)19/h2-5,16H,6H2,1H3,(H,14,17). The second-order valence-corrected chi connectivity index (χ2v) is 3.98. The molecule has 1 aromatic heterocycles. The Morgan fingerprint density at radius 3 is 2.90 bits per heavy atom. The van der Waals surface area contributed by atoms with Gasteiger partial charge in [-0.1, -0.05) is 6.07 Å². The van der Waals surface area contributed by atoms with Crippen LogP contribution in [0.1, 0.15) is 22.0 Å². The van der Waals surface area contributed by atoms with Crippen molar-refractivity contribution in [1.82, 2.24) is 10.3 Å². The van der Waals surface area contributed by atoms with Crippen LogP contribution in [0.2, 0.25) is 0 Å². The molecule has 0 bridgehead atoms. The Kier molecular flexibility index (Phi) is 3.65. The van der Waals surface area contributed by atoms with Crippen molar-refractivity contribution in [2.24, 2.45) is 0 Å². The highest BCUT2D eigenvalue weighted by Gasteiger charge is 2.20. The number of hydrogen-bond donors (Lipinski definition) is 2. The zero-order chi connectivity index (χ0) is 14.7. The van der Waals surface area contributed by atoms with Crippen LogP contribution in [0.4, 0.5) is 5.69 Å². The third-order valence-corrected chi connectivity index (χ3v) is 2.53. The van der Waals surface area contributed by atoms with Gasteiger partial charge in [0.05, 0.1) is 23.2 Å². The zero-order valence-corrected chi connectivity index (χ0v) is 10.5. The van der Waals surface area contributed by atoms with Gasteiger partial charge in [-0.25, -0.2) is 4.98 Å². The van der Waals surface area contributed by atoms with E-state index < -0.39 is 22.3 Å². The molecule has 0 unspecified atom stereocenters. The number of nitro groups is 1. The number of nitrogens with one attached hydrogen (secondary N) is 1. The molecule has 104 valence electrons. The summed E-state index contributed by atoms with van der Waals surface area (Å²) in [5.74, 6) is -0.408. The Morgan fingerprint density at radius 2 is 2.30 bits per heavy atom. The van der Waals surface area contributed by atoms with E-state index in [4.69, 9.17) is 4.42 Å². The van der Waals surface area contributed by atoms with Gasteiger partial charge in [0, 0.05) is 6.07 Å². The lowest BCUT2D eigenvalue weighted by Gasteiger charge is -2.05. The fourth-order valence-corrected chi connectivity index (χ4v) is 1.60. The quantitative estimate of drug-likeness (QED) is 0.646. The Morgan fingerprint density at radius 1 is 1.55 bits per heavy atom. The highest BCUT2D eigenvalue weighted by molar-refractivity contribution is 5.97. The fourth-order valence-electron chi connectivity index (χ4n) is 1.60. The summed E-state index contributed by atoms with van der Waals surface area (Å²) < 4.78 is 5.17. The summed E-state index contributed by atoms with van der Waals surface area (Å²) in [6.45, 7) is 1.74. The molecule has 0 aliphatic carbocycles. The summed E-state index contributed by atoms with van der Waals surface area (Å²) in [4.78, 5) is 25.7. The molecule has 1 amide bonds. The van der Waals surface area contributed by atoms with E-state index in [0.29, 0.717) is 11.7 Å². The maximum atomic E-state index is 11.9. The Hall–Kier alpha value is -2.90. The molecule has 0 atom stereocenters. The lowest BCUT2D eigenvalue weighted by atomic mass is 10.1. The number of carbonyl (C=O) groups excluding carboxylic acids is 1. The maximum absolute atomic E-state index is 11.9. The van der Waals surface area contributed by atoms with Crippen molar-refractivity contribution in [2.45, 2.75) is 13.5 Å². The number of benzene rings is 1. The Balaban J connectivity index is 2.13. The molecule has 0 saturated carbocycles. The van der Waals surface area contributed by atoms with E-state index in [1.807, 2.05) is 0 Å². The molecule has 2 N–H and O–H groups in total. The van der Waals surface area contributed by atoms with E-state index in [1.165, 1.54) is 18.3 Å². The van der Waals surface area contributed by atoms with Gasteiger partial charge < -0.3 is 14.8 Å². The summed E-state index contributed by atoms with van der Waals surface area (Å²) in [6, 6.07) is 3.73. The number of para-hydroxylation sites is 1. The third-order valence-electron chi connectivity index (χ3n) is 2.53. The van der Waals surface area contributed by atoms with E-state index in [1.54, 1.807) is 6.92 Å². The number of phenols is 1. The molecule has 8 heteroatoms. The highest BCUT2D eigenvalue weighted by Crippen LogP contribution is 2.29. The van der Waals surface area contributed by atoms with Crippen LogP contribution in [0.15, 0.2) is 28.8 Å². The van der Waals surface area contributed by atoms with Gasteiger partial charge >= 0.3 is 5.69 Å². The van der Waals surface area contributed by atoms with Crippen LogP contribution in [-0.2, 0) is 6.54 Å². The number of aryl methyl sites for hydroxylation is 1. The number of aromatic nitrogens is 1. The molecule has 0 fully saturated rings. The van der Waals surface area contributed by atoms with E-state index in [2.05, 4.69) is 10.3 Å². The lowest BCUT2D eigenvalue weighted by molar-refractivity contribution is -0.385. The summed E-state index contributed by atoms with van der Waals surface area (Å²) in [7, 11) is 0. The first-order valence-electron chi connectivity index (χ1n) is 5.65. The molecule has 2 aromatic rings. The second-order valence-electron chi connectivity index (χ2n) is 3.98. The van der Waals surface area contributed by atoms with E-state index in [-0.39, 0.29) is 12.1 Å². The highest BCUT2D eigenvalue weighted by atomic mass is 16.6. The number of phenolic OH excluding ortho intramolecular Hbond substituents is 1. The van der Waals surface area contributed by atoms with E-state index >= 15 is 0 Å². The molecular formula is C12H11N3O5. The van der Waals surface area contributed by atoms with Gasteiger partial charge in [0.15, 0.2) is 0 Å². The van der Waals surface area contributed by atoms with Crippen molar-refractivity contribution in [2.75, 3.05) is 0 Å². The summed E-state index contributed by atoms with van der Waals surface area (Å²) >= 11 is 0. The number of oxazole rings is 1. The summed E-state index contributed by atoms with van der Waals surface area (Å²) in [6.07, 6.45) is 1.51. The van der Waals surface area contributed by atoms with Crippen LogP contribution in [0.5, 0.6) is 5.75 Å². The molecule has 1 heterocycles. The Labute approximate surface area is 113 Å². The molecule has 2 rings (SSSR count). The maximum Gasteiger partial charge on any atom is 0.311 e. The van der Waals surface area contributed by atoms with E-state index in [0.717, 1.165) is 6.07 Å². The molecule has 0 aliphatic rings. The van der Waals surface area contributed by atoms with Gasteiger partial charge in [-0.05, 0) is 13.0 Å². The zero-order valence-electron chi connectivity index (χ0n) is 10.5. The second kappa shape index (κ2) is 5.39. The summed E-state index contributed by atoms with van der Waals surface area (Å²) in [5, 5.41) is 22.8. The minimum Gasteiger partial charge on any atom is -0.502 e. The number of carbonyl (C=O) groups is 1. The van der Waals surface area contributed by atoms with Crippen LogP contribution in [-0.4, -0.2) is 20.9 Å². The predicted molar refractivity (Wildman–Crippen MR) is 67.2 cm³/mol. The first kappa shape index (κ1) is 13.5. The average molecular weight is 277 g/mol. The smallest absolute Gasteiger partial charge is 0.311 e. The molecule has 8 nitrogen and oxygen atoms in total. The Bertz CT molecular complexity index is 665. The first-order valence-corrected chi connectivity index (χ1v) is 5.65.